The Labute approximate surface area is 157 Å². The zero-order chi connectivity index (χ0) is 20.5. The number of ether oxygens (including phenoxy) is 1. The minimum absolute atomic E-state index is 0.0354. The number of phenols is 1. The highest BCUT2D eigenvalue weighted by molar-refractivity contribution is 5.93. The molecule has 0 spiro atoms. The number of carbonyl (C=O) groups is 1. The van der Waals surface area contributed by atoms with Crippen LogP contribution in [0.4, 0.5) is 0 Å². The highest BCUT2D eigenvalue weighted by Gasteiger charge is 2.21. The lowest BCUT2D eigenvalue weighted by Crippen LogP contribution is -2.38. The zero-order valence-electron chi connectivity index (χ0n) is 16.6. The molecule has 0 bridgehead atoms. The smallest absolute Gasteiger partial charge is 0.342 e. The maximum atomic E-state index is 12.6. The molecule has 0 saturated carbocycles. The third kappa shape index (κ3) is 4.13. The Hall–Kier alpha value is -2.83. The molecule has 2 rings (SSSR count). The molecular formula is C20H26N2O5. The third-order valence-electron chi connectivity index (χ3n) is 4.65. The van der Waals surface area contributed by atoms with Crippen LogP contribution in [0.1, 0.15) is 66.7 Å². The second-order valence-corrected chi connectivity index (χ2v) is 7.27. The molecule has 0 unspecified atom stereocenters. The third-order valence-corrected chi connectivity index (χ3v) is 4.65. The highest BCUT2D eigenvalue weighted by Crippen LogP contribution is 2.33. The van der Waals surface area contributed by atoms with Gasteiger partial charge in [0.15, 0.2) is 0 Å². The summed E-state index contributed by atoms with van der Waals surface area (Å²) in [6.45, 7) is 7.62. The van der Waals surface area contributed by atoms with E-state index in [1.807, 2.05) is 33.8 Å². The van der Waals surface area contributed by atoms with Crippen molar-refractivity contribution in [2.75, 3.05) is 0 Å². The number of hydrogen-bond acceptors (Lipinski definition) is 5. The van der Waals surface area contributed by atoms with Crippen molar-refractivity contribution in [3.8, 4) is 5.75 Å². The normalized spacial score (nSPS) is 11.3. The first-order chi connectivity index (χ1) is 12.5. The fraction of sp³-hybridized carbons (Fsp3) is 0.450. The van der Waals surface area contributed by atoms with E-state index in [2.05, 4.69) is 0 Å². The SMILES string of the molecule is CC(C)c1cc(C(=O)OCc2cc(=O)n(C)c(=O)n2C)c(O)c(C(C)C)c1. The Balaban J connectivity index is 2.37. The molecule has 2 aromatic rings. The Kier molecular flexibility index (Phi) is 5.93. The minimum atomic E-state index is -0.704. The van der Waals surface area contributed by atoms with Gasteiger partial charge >= 0.3 is 11.7 Å². The lowest BCUT2D eigenvalue weighted by atomic mass is 9.92. The van der Waals surface area contributed by atoms with E-state index >= 15 is 0 Å². The van der Waals surface area contributed by atoms with Crippen LogP contribution in [0.15, 0.2) is 27.8 Å². The predicted octanol–water partition coefficient (Wildman–Crippen LogP) is 2.39. The van der Waals surface area contributed by atoms with Gasteiger partial charge in [-0.1, -0.05) is 33.8 Å². The maximum Gasteiger partial charge on any atom is 0.342 e. The molecule has 0 fully saturated rings. The van der Waals surface area contributed by atoms with Gasteiger partial charge in [-0.15, -0.1) is 0 Å². The molecule has 7 nitrogen and oxygen atoms in total. The van der Waals surface area contributed by atoms with E-state index in [1.165, 1.54) is 24.7 Å². The molecule has 1 aromatic carbocycles. The summed E-state index contributed by atoms with van der Waals surface area (Å²) in [5.41, 5.74) is 0.980. The van der Waals surface area contributed by atoms with E-state index in [0.717, 1.165) is 10.1 Å². The summed E-state index contributed by atoms with van der Waals surface area (Å²) in [6, 6.07) is 4.77. The van der Waals surface area contributed by atoms with E-state index in [0.29, 0.717) is 5.56 Å². The first-order valence-electron chi connectivity index (χ1n) is 8.84. The molecule has 27 heavy (non-hydrogen) atoms. The lowest BCUT2D eigenvalue weighted by molar-refractivity contribution is 0.0459. The van der Waals surface area contributed by atoms with Crippen molar-refractivity contribution in [1.29, 1.82) is 0 Å². The molecule has 0 amide bonds. The number of benzene rings is 1. The summed E-state index contributed by atoms with van der Waals surface area (Å²) in [6.07, 6.45) is 0. The van der Waals surface area contributed by atoms with Crippen LogP contribution < -0.4 is 11.2 Å². The number of aromatic hydroxyl groups is 1. The second-order valence-electron chi connectivity index (χ2n) is 7.27. The van der Waals surface area contributed by atoms with Gasteiger partial charge in [0.1, 0.15) is 17.9 Å². The van der Waals surface area contributed by atoms with Crippen molar-refractivity contribution in [3.05, 3.63) is 61.4 Å². The lowest BCUT2D eigenvalue weighted by Gasteiger charge is -2.17. The average Bonchev–Trinajstić information content (AvgIpc) is 2.61. The largest absolute Gasteiger partial charge is 0.507 e. The minimum Gasteiger partial charge on any atom is -0.507 e. The van der Waals surface area contributed by atoms with Crippen molar-refractivity contribution in [3.63, 3.8) is 0 Å². The maximum absolute atomic E-state index is 12.6. The predicted molar refractivity (Wildman–Crippen MR) is 102 cm³/mol. The summed E-state index contributed by atoms with van der Waals surface area (Å²) in [7, 11) is 2.88. The number of hydrogen-bond donors (Lipinski definition) is 1. The van der Waals surface area contributed by atoms with Gasteiger partial charge in [0.05, 0.1) is 5.69 Å². The molecule has 0 aliphatic rings. The number of carbonyl (C=O) groups excluding carboxylic acids is 1. The zero-order valence-corrected chi connectivity index (χ0v) is 16.6. The molecule has 0 radical (unpaired) electrons. The van der Waals surface area contributed by atoms with Gasteiger partial charge in [0, 0.05) is 20.2 Å². The Bertz CT molecular complexity index is 983. The molecule has 146 valence electrons. The van der Waals surface area contributed by atoms with Crippen LogP contribution in [0.2, 0.25) is 0 Å². The highest BCUT2D eigenvalue weighted by atomic mass is 16.5. The van der Waals surface area contributed by atoms with Gasteiger partial charge in [-0.2, -0.15) is 0 Å². The Morgan fingerprint density at radius 1 is 1.04 bits per heavy atom. The summed E-state index contributed by atoms with van der Waals surface area (Å²) in [4.78, 5) is 36.3. The molecular weight excluding hydrogens is 348 g/mol. The molecule has 1 N–H and O–H groups in total. The topological polar surface area (TPSA) is 90.5 Å². The van der Waals surface area contributed by atoms with Gasteiger partial charge in [-0.05, 0) is 29.0 Å². The molecule has 1 heterocycles. The van der Waals surface area contributed by atoms with Gasteiger partial charge in [0.2, 0.25) is 0 Å². The first kappa shape index (κ1) is 20.5. The van der Waals surface area contributed by atoms with E-state index in [9.17, 15) is 19.5 Å². The van der Waals surface area contributed by atoms with E-state index in [1.54, 1.807) is 6.07 Å². The van der Waals surface area contributed by atoms with Crippen molar-refractivity contribution < 1.29 is 14.6 Å². The number of phenolic OH excluding ortho intramolecular Hbond substituents is 1. The molecule has 0 saturated heterocycles. The number of rotatable bonds is 5. The second kappa shape index (κ2) is 7.82. The van der Waals surface area contributed by atoms with Gasteiger partial charge < -0.3 is 9.84 Å². The molecule has 0 aliphatic heterocycles. The Morgan fingerprint density at radius 2 is 1.67 bits per heavy atom. The summed E-state index contributed by atoms with van der Waals surface area (Å²) in [5, 5.41) is 10.5. The van der Waals surface area contributed by atoms with Crippen molar-refractivity contribution in [1.82, 2.24) is 9.13 Å². The molecule has 7 heteroatoms. The molecule has 1 aromatic heterocycles. The summed E-state index contributed by atoms with van der Waals surface area (Å²) in [5.74, 6) is -0.594. The molecule has 0 atom stereocenters. The standard InChI is InChI=1S/C20H26N2O5/c1-11(2)13-7-15(12(3)4)18(24)16(8-13)19(25)27-10-14-9-17(23)22(6)20(26)21(14)5/h7-9,11-12,24H,10H2,1-6H3. The van der Waals surface area contributed by atoms with Crippen LogP contribution in [0, 0.1) is 0 Å². The fourth-order valence-electron chi connectivity index (χ4n) is 2.74. The van der Waals surface area contributed by atoms with E-state index in [4.69, 9.17) is 4.74 Å². The van der Waals surface area contributed by atoms with Crippen LogP contribution >= 0.6 is 0 Å². The van der Waals surface area contributed by atoms with Crippen LogP contribution in [-0.4, -0.2) is 20.2 Å². The van der Waals surface area contributed by atoms with Gasteiger partial charge in [-0.25, -0.2) is 9.59 Å². The quantitative estimate of drug-likeness (QED) is 0.812. The van der Waals surface area contributed by atoms with Crippen molar-refractivity contribution >= 4 is 5.97 Å². The summed E-state index contributed by atoms with van der Waals surface area (Å²) < 4.78 is 7.51. The van der Waals surface area contributed by atoms with Gasteiger partial charge in [-0.3, -0.25) is 13.9 Å². The van der Waals surface area contributed by atoms with Crippen LogP contribution in [0.3, 0.4) is 0 Å². The Morgan fingerprint density at radius 3 is 2.22 bits per heavy atom. The van der Waals surface area contributed by atoms with E-state index < -0.39 is 17.2 Å². The van der Waals surface area contributed by atoms with E-state index in [-0.39, 0.29) is 35.4 Å². The number of esters is 1. The van der Waals surface area contributed by atoms with Gasteiger partial charge in [0.25, 0.3) is 5.56 Å². The fourth-order valence-corrected chi connectivity index (χ4v) is 2.74. The average molecular weight is 374 g/mol. The number of nitrogens with zero attached hydrogens (tertiary/aromatic N) is 2. The van der Waals surface area contributed by atoms with Crippen LogP contribution in [0.5, 0.6) is 5.75 Å². The van der Waals surface area contributed by atoms with Crippen LogP contribution in [-0.2, 0) is 25.4 Å². The monoisotopic (exact) mass is 374 g/mol. The molecule has 0 aliphatic carbocycles. The number of aromatic nitrogens is 2. The van der Waals surface area contributed by atoms with Crippen LogP contribution in [0.25, 0.3) is 0 Å². The summed E-state index contributed by atoms with van der Waals surface area (Å²) >= 11 is 0. The first-order valence-corrected chi connectivity index (χ1v) is 8.84. The van der Waals surface area contributed by atoms with Crippen molar-refractivity contribution in [2.45, 2.75) is 46.1 Å². The van der Waals surface area contributed by atoms with Crippen molar-refractivity contribution in [2.24, 2.45) is 14.1 Å².